The number of rotatable bonds is 5. The number of alkyl halides is 2. The number of amides is 3. The van der Waals surface area contributed by atoms with Gasteiger partial charge in [-0.1, -0.05) is 31.0 Å². The molecule has 0 aliphatic carbocycles. The molecule has 13 heteroatoms. The largest absolute Gasteiger partial charge is 0.453 e. The summed E-state index contributed by atoms with van der Waals surface area (Å²) in [6.45, 7) is -1.24. The minimum atomic E-state index is -3.19. The first kappa shape index (κ1) is 31.8. The lowest BCUT2D eigenvalue weighted by molar-refractivity contribution is -0.129. The minimum absolute atomic E-state index is 0.149. The number of benzene rings is 2. The van der Waals surface area contributed by atoms with Crippen LogP contribution < -0.4 is 15.4 Å². The van der Waals surface area contributed by atoms with Gasteiger partial charge in [-0.3, -0.25) is 19.9 Å². The number of anilines is 2. The summed E-state index contributed by atoms with van der Waals surface area (Å²) in [5.74, 6) is -2.38. The number of carbonyl (C=O) groups excluding carboxylic acids is 3. The van der Waals surface area contributed by atoms with Gasteiger partial charge < -0.3 is 19.7 Å². The van der Waals surface area contributed by atoms with Crippen LogP contribution in [-0.4, -0.2) is 48.1 Å². The van der Waals surface area contributed by atoms with Crippen LogP contribution in [0.15, 0.2) is 54.7 Å². The lowest BCUT2D eigenvalue weighted by atomic mass is 9.92. The minimum Gasteiger partial charge on any atom is -0.453 e. The summed E-state index contributed by atoms with van der Waals surface area (Å²) in [4.78, 5) is 44.8. The molecule has 0 radical (unpaired) electrons. The lowest BCUT2D eigenvalue weighted by Gasteiger charge is -2.35. The van der Waals surface area contributed by atoms with Crippen LogP contribution in [0.1, 0.15) is 49.9 Å². The fourth-order valence-corrected chi connectivity index (χ4v) is 5.76. The highest BCUT2D eigenvalue weighted by molar-refractivity contribution is 6.31. The van der Waals surface area contributed by atoms with Gasteiger partial charge in [-0.05, 0) is 66.8 Å². The van der Waals surface area contributed by atoms with Gasteiger partial charge in [-0.2, -0.15) is 8.78 Å². The molecule has 2 aliphatic heterocycles. The fourth-order valence-electron chi connectivity index (χ4n) is 5.60. The molecular weight excluding hydrogens is 613 g/mol. The molecule has 0 unspecified atom stereocenters. The van der Waals surface area contributed by atoms with Crippen LogP contribution in [0.2, 0.25) is 5.02 Å². The van der Waals surface area contributed by atoms with E-state index in [1.807, 2.05) is 13.0 Å². The topological polar surface area (TPSA) is 110 Å². The van der Waals surface area contributed by atoms with Gasteiger partial charge in [0, 0.05) is 36.0 Å². The summed E-state index contributed by atoms with van der Waals surface area (Å²) in [5.41, 5.74) is 2.81. The van der Waals surface area contributed by atoms with E-state index in [4.69, 9.17) is 11.6 Å². The molecule has 0 spiro atoms. The predicted octanol–water partition coefficient (Wildman–Crippen LogP) is 7.44. The van der Waals surface area contributed by atoms with Crippen molar-refractivity contribution in [1.29, 1.82) is 0 Å². The van der Waals surface area contributed by atoms with Gasteiger partial charge >= 0.3 is 12.7 Å². The number of hydrogen-bond acceptors (Lipinski definition) is 6. The first-order valence-corrected chi connectivity index (χ1v) is 14.6. The summed E-state index contributed by atoms with van der Waals surface area (Å²) in [5, 5.41) is 5.29. The number of nitrogens with one attached hydrogen (secondary N) is 2. The zero-order chi connectivity index (χ0) is 32.2. The Kier molecular flexibility index (Phi) is 9.62. The van der Waals surface area contributed by atoms with Gasteiger partial charge in [0.15, 0.2) is 5.82 Å². The second-order valence-electron chi connectivity index (χ2n) is 10.7. The standard InChI is InChI=1S/C32H30ClF3N4O5/c1-17-4-3-5-25(40-13-11-19(15-27(40)41)28-26(45-31(35)36)9-8-22(33)29(28)34)24-14-18(10-12-37-24)21-7-6-20(38-32(43)44-2)16-23(21)39-30(17)42/h6-10,12,14-17,25,31H,3-5,11,13H2,1-2H3,(H,38,43)(H,39,42)/t17-,25+/m1/s1. The van der Waals surface area contributed by atoms with Crippen LogP contribution in [0.5, 0.6) is 5.75 Å². The van der Waals surface area contributed by atoms with Crippen LogP contribution in [0.4, 0.5) is 29.3 Å². The molecule has 9 nitrogen and oxygen atoms in total. The van der Waals surface area contributed by atoms with Gasteiger partial charge in [0.1, 0.15) is 5.75 Å². The molecule has 2 atom stereocenters. The first-order valence-electron chi connectivity index (χ1n) is 14.3. The van der Waals surface area contributed by atoms with E-state index in [1.54, 1.807) is 35.4 Å². The second-order valence-corrected chi connectivity index (χ2v) is 11.2. The number of pyridine rings is 1. The maximum Gasteiger partial charge on any atom is 0.411 e. The molecule has 2 aromatic carbocycles. The van der Waals surface area contributed by atoms with Crippen molar-refractivity contribution >= 4 is 46.5 Å². The van der Waals surface area contributed by atoms with Gasteiger partial charge in [0.05, 0.1) is 35.1 Å². The molecule has 3 amide bonds. The number of fused-ring (bicyclic) bond motifs is 4. The van der Waals surface area contributed by atoms with Crippen LogP contribution >= 0.6 is 11.6 Å². The highest BCUT2D eigenvalue weighted by atomic mass is 35.5. The summed E-state index contributed by atoms with van der Waals surface area (Å²) >= 11 is 5.95. The Balaban J connectivity index is 1.52. The molecule has 0 fully saturated rings. The third kappa shape index (κ3) is 7.06. The number of aromatic nitrogens is 1. The zero-order valence-corrected chi connectivity index (χ0v) is 25.2. The summed E-state index contributed by atoms with van der Waals surface area (Å²) in [7, 11) is 1.25. The van der Waals surface area contributed by atoms with E-state index in [-0.39, 0.29) is 40.9 Å². The van der Waals surface area contributed by atoms with E-state index >= 15 is 4.39 Å². The number of hydrogen-bond donors (Lipinski definition) is 2. The fraction of sp³-hybridized carbons (Fsp3) is 0.312. The molecule has 2 bridgehead atoms. The van der Waals surface area contributed by atoms with Crippen LogP contribution in [0, 0.1) is 11.7 Å². The van der Waals surface area contributed by atoms with Gasteiger partial charge in [-0.25, -0.2) is 9.18 Å². The molecule has 0 saturated carbocycles. The number of methoxy groups -OCH3 is 1. The first-order chi connectivity index (χ1) is 21.5. The van der Waals surface area contributed by atoms with Crippen molar-refractivity contribution in [3.63, 3.8) is 0 Å². The maximum atomic E-state index is 15.1. The van der Waals surface area contributed by atoms with Crippen molar-refractivity contribution in [3.05, 3.63) is 76.8 Å². The molecule has 5 rings (SSSR count). The Labute approximate surface area is 262 Å². The molecule has 2 aliphatic rings. The molecule has 0 saturated heterocycles. The molecule has 45 heavy (non-hydrogen) atoms. The molecule has 2 N–H and O–H groups in total. The number of halogens is 4. The Hall–Kier alpha value is -4.58. The summed E-state index contributed by atoms with van der Waals surface area (Å²) in [6.07, 6.45) is 3.91. The van der Waals surface area contributed by atoms with Gasteiger partial charge in [0.2, 0.25) is 11.8 Å². The van der Waals surface area contributed by atoms with E-state index in [9.17, 15) is 23.2 Å². The Morgan fingerprint density at radius 2 is 1.96 bits per heavy atom. The SMILES string of the molecule is COC(=O)Nc1ccc2c(c1)NC(=O)[C@H](C)CCC[C@H](N1CCC(c3c(OC(F)F)ccc(Cl)c3F)=CC1=O)c1cc-2ccn1. The monoisotopic (exact) mass is 642 g/mol. The average molecular weight is 643 g/mol. The third-order valence-electron chi connectivity index (χ3n) is 7.88. The van der Waals surface area contributed by atoms with Gasteiger partial charge in [0.25, 0.3) is 0 Å². The number of carbonyl (C=O) groups is 3. The highest BCUT2D eigenvalue weighted by Crippen LogP contribution is 2.40. The molecule has 236 valence electrons. The Morgan fingerprint density at radius 3 is 2.69 bits per heavy atom. The molecular formula is C32H30ClF3N4O5. The lowest BCUT2D eigenvalue weighted by Crippen LogP contribution is -2.38. The second kappa shape index (κ2) is 13.6. The summed E-state index contributed by atoms with van der Waals surface area (Å²) < 4.78 is 50.4. The normalized spacial score (nSPS) is 18.6. The van der Waals surface area contributed by atoms with Crippen molar-refractivity contribution in [3.8, 4) is 16.9 Å². The number of nitrogens with zero attached hydrogens (tertiary/aromatic N) is 2. The molecule has 3 aromatic rings. The number of ether oxygens (including phenoxy) is 2. The third-order valence-corrected chi connectivity index (χ3v) is 8.17. The van der Waals surface area contributed by atoms with E-state index < -0.39 is 36.2 Å². The van der Waals surface area contributed by atoms with Crippen molar-refractivity contribution in [2.75, 3.05) is 24.3 Å². The van der Waals surface area contributed by atoms with Crippen LogP contribution in [0.3, 0.4) is 0 Å². The smallest absolute Gasteiger partial charge is 0.411 e. The van der Waals surface area contributed by atoms with Crippen molar-refractivity contribution in [2.45, 2.75) is 45.3 Å². The van der Waals surface area contributed by atoms with Crippen molar-refractivity contribution in [1.82, 2.24) is 9.88 Å². The van der Waals surface area contributed by atoms with E-state index in [2.05, 4.69) is 25.1 Å². The average Bonchev–Trinajstić information content (AvgIpc) is 3.01. The van der Waals surface area contributed by atoms with E-state index in [1.165, 1.54) is 13.2 Å². The van der Waals surface area contributed by atoms with Crippen LogP contribution in [-0.2, 0) is 14.3 Å². The maximum absolute atomic E-state index is 15.1. The quantitative estimate of drug-likeness (QED) is 0.299. The van der Waals surface area contributed by atoms with E-state index in [0.717, 1.165) is 12.1 Å². The van der Waals surface area contributed by atoms with Crippen molar-refractivity contribution in [2.24, 2.45) is 5.92 Å². The zero-order valence-electron chi connectivity index (χ0n) is 24.4. The Morgan fingerprint density at radius 1 is 1.16 bits per heavy atom. The summed E-state index contributed by atoms with van der Waals surface area (Å²) in [6, 6.07) is 10.5. The molecule has 1 aromatic heterocycles. The highest BCUT2D eigenvalue weighted by Gasteiger charge is 2.32. The Bertz CT molecular complexity index is 1670. The van der Waals surface area contributed by atoms with Crippen molar-refractivity contribution < 1.29 is 37.0 Å². The van der Waals surface area contributed by atoms with Gasteiger partial charge in [-0.15, -0.1) is 0 Å². The predicted molar refractivity (Wildman–Crippen MR) is 162 cm³/mol. The van der Waals surface area contributed by atoms with E-state index in [0.29, 0.717) is 47.5 Å². The molecule has 3 heterocycles. The van der Waals surface area contributed by atoms with Crippen LogP contribution in [0.25, 0.3) is 16.7 Å².